The largest absolute Gasteiger partial charge is 0.496 e. The van der Waals surface area contributed by atoms with Crippen LogP contribution in [0.25, 0.3) is 5.69 Å². The van der Waals surface area contributed by atoms with E-state index >= 15 is 0 Å². The van der Waals surface area contributed by atoms with Crippen molar-refractivity contribution in [1.82, 2.24) is 19.6 Å². The average molecular weight is 429 g/mol. The van der Waals surface area contributed by atoms with Gasteiger partial charge in [0, 0.05) is 25.5 Å². The topological polar surface area (TPSA) is 102 Å². The van der Waals surface area contributed by atoms with Crippen LogP contribution in [0.4, 0.5) is 0 Å². The quantitative estimate of drug-likeness (QED) is 0.574. The minimum absolute atomic E-state index is 0.0131. The van der Waals surface area contributed by atoms with E-state index in [9.17, 15) is 13.2 Å². The van der Waals surface area contributed by atoms with Gasteiger partial charge in [-0.2, -0.15) is 0 Å². The molecule has 8 nitrogen and oxygen atoms in total. The van der Waals surface area contributed by atoms with Crippen LogP contribution < -0.4 is 14.8 Å². The van der Waals surface area contributed by atoms with Crippen molar-refractivity contribution in [2.45, 2.75) is 25.3 Å². The van der Waals surface area contributed by atoms with Gasteiger partial charge in [0.25, 0.3) is 5.91 Å². The number of para-hydroxylation sites is 1. The van der Waals surface area contributed by atoms with Crippen LogP contribution in [0, 0.1) is 6.92 Å². The lowest BCUT2D eigenvalue weighted by atomic mass is 10.2. The number of aryl methyl sites for hydroxylation is 1. The third kappa shape index (κ3) is 4.52. The van der Waals surface area contributed by atoms with E-state index in [1.807, 2.05) is 42.0 Å². The molecule has 1 aromatic heterocycles. The maximum Gasteiger partial charge on any atom is 0.255 e. The minimum Gasteiger partial charge on any atom is -0.496 e. The number of hydrogen-bond donors (Lipinski definition) is 2. The molecule has 0 aliphatic rings. The first kappa shape index (κ1) is 21.5. The van der Waals surface area contributed by atoms with Gasteiger partial charge < -0.3 is 14.6 Å². The number of sulfonamides is 1. The molecule has 0 radical (unpaired) electrons. The molecule has 0 atom stereocenters. The second-order valence-corrected chi connectivity index (χ2v) is 8.29. The molecule has 30 heavy (non-hydrogen) atoms. The number of nitrogens with zero attached hydrogens (tertiary/aromatic N) is 2. The predicted molar refractivity (Wildman–Crippen MR) is 113 cm³/mol. The van der Waals surface area contributed by atoms with Crippen LogP contribution in [0.15, 0.2) is 59.8 Å². The Morgan fingerprint density at radius 1 is 1.20 bits per heavy atom. The molecule has 158 valence electrons. The van der Waals surface area contributed by atoms with Gasteiger partial charge in [-0.25, -0.2) is 18.1 Å². The third-order valence-corrected chi connectivity index (χ3v) is 5.99. The monoisotopic (exact) mass is 428 g/mol. The maximum atomic E-state index is 12.9. The zero-order chi connectivity index (χ0) is 21.7. The van der Waals surface area contributed by atoms with Crippen LogP contribution in [-0.2, 0) is 16.6 Å². The fourth-order valence-corrected chi connectivity index (χ4v) is 4.10. The fourth-order valence-electron chi connectivity index (χ4n) is 3.07. The lowest BCUT2D eigenvalue weighted by Gasteiger charge is -2.14. The molecule has 2 N–H and O–H groups in total. The minimum atomic E-state index is -3.86. The van der Waals surface area contributed by atoms with Crippen molar-refractivity contribution in [3.63, 3.8) is 0 Å². The van der Waals surface area contributed by atoms with E-state index in [1.54, 1.807) is 13.1 Å². The normalized spacial score (nSPS) is 11.3. The lowest BCUT2D eigenvalue weighted by molar-refractivity contribution is 0.0952. The highest BCUT2D eigenvalue weighted by atomic mass is 32.2. The molecule has 0 bridgehead atoms. The van der Waals surface area contributed by atoms with Crippen molar-refractivity contribution in [1.29, 1.82) is 0 Å². The first-order valence-corrected chi connectivity index (χ1v) is 10.9. The van der Waals surface area contributed by atoms with Crippen molar-refractivity contribution >= 4 is 15.9 Å². The standard InChI is InChI=1S/C21H24N4O4S/c1-4-22-21(26)18-13-17(9-10-20(18)29-3)30(27,28)24-14-16-7-5-6-8-19(16)25-12-11-23-15(25)2/h5-13,24H,4,14H2,1-3H3,(H,22,26). The zero-order valence-electron chi connectivity index (χ0n) is 17.0. The highest BCUT2D eigenvalue weighted by Crippen LogP contribution is 2.23. The summed E-state index contributed by atoms with van der Waals surface area (Å²) in [6.07, 6.45) is 3.52. The van der Waals surface area contributed by atoms with Crippen molar-refractivity contribution in [2.75, 3.05) is 13.7 Å². The molecule has 3 rings (SSSR count). The van der Waals surface area contributed by atoms with Crippen LogP contribution in [0.5, 0.6) is 5.75 Å². The van der Waals surface area contributed by atoms with E-state index in [0.717, 1.165) is 17.1 Å². The Labute approximate surface area is 176 Å². The fraction of sp³-hybridized carbons (Fsp3) is 0.238. The van der Waals surface area contributed by atoms with Gasteiger partial charge in [0.2, 0.25) is 10.0 Å². The second kappa shape index (κ2) is 9.10. The second-order valence-electron chi connectivity index (χ2n) is 6.52. The first-order valence-electron chi connectivity index (χ1n) is 9.41. The molecule has 0 fully saturated rings. The molecule has 2 aromatic carbocycles. The van der Waals surface area contributed by atoms with Crippen LogP contribution >= 0.6 is 0 Å². The SMILES string of the molecule is CCNC(=O)c1cc(S(=O)(=O)NCc2ccccc2-n2ccnc2C)ccc1OC. The van der Waals surface area contributed by atoms with Gasteiger partial charge in [-0.1, -0.05) is 18.2 Å². The number of aromatic nitrogens is 2. The summed E-state index contributed by atoms with van der Waals surface area (Å²) < 4.78 is 35.5. The summed E-state index contributed by atoms with van der Waals surface area (Å²) in [5.41, 5.74) is 1.80. The number of carbonyl (C=O) groups is 1. The summed E-state index contributed by atoms with van der Waals surface area (Å²) in [6.45, 7) is 4.16. The summed E-state index contributed by atoms with van der Waals surface area (Å²) in [7, 11) is -2.43. The molecule has 9 heteroatoms. The Hall–Kier alpha value is -3.17. The molecule has 0 unspecified atom stereocenters. The summed E-state index contributed by atoms with van der Waals surface area (Å²) >= 11 is 0. The Balaban J connectivity index is 1.88. The summed E-state index contributed by atoms with van der Waals surface area (Å²) in [5.74, 6) is 0.709. The summed E-state index contributed by atoms with van der Waals surface area (Å²) in [4.78, 5) is 16.5. The van der Waals surface area contributed by atoms with E-state index in [1.165, 1.54) is 25.3 Å². The van der Waals surface area contributed by atoms with Crippen LogP contribution in [0.1, 0.15) is 28.7 Å². The number of amides is 1. The average Bonchev–Trinajstić information content (AvgIpc) is 3.18. The molecule has 0 aliphatic carbocycles. The van der Waals surface area contributed by atoms with Crippen LogP contribution in [0.3, 0.4) is 0 Å². The number of nitrogens with one attached hydrogen (secondary N) is 2. The van der Waals surface area contributed by atoms with E-state index in [4.69, 9.17) is 4.74 Å². The number of benzene rings is 2. The molecule has 1 amide bonds. The van der Waals surface area contributed by atoms with Crippen LogP contribution in [-0.4, -0.2) is 37.5 Å². The van der Waals surface area contributed by atoms with Gasteiger partial charge >= 0.3 is 0 Å². The van der Waals surface area contributed by atoms with Gasteiger partial charge in [-0.3, -0.25) is 4.79 Å². The first-order chi connectivity index (χ1) is 14.4. The van der Waals surface area contributed by atoms with Gasteiger partial charge in [0.1, 0.15) is 11.6 Å². The molecular formula is C21H24N4O4S. The summed E-state index contributed by atoms with van der Waals surface area (Å²) in [6, 6.07) is 11.7. The zero-order valence-corrected chi connectivity index (χ0v) is 17.9. The smallest absolute Gasteiger partial charge is 0.255 e. The molecule has 1 heterocycles. The third-order valence-electron chi connectivity index (χ3n) is 4.59. The molecule has 3 aromatic rings. The van der Waals surface area contributed by atoms with Gasteiger partial charge in [-0.05, 0) is 43.7 Å². The molecular weight excluding hydrogens is 404 g/mol. The number of methoxy groups -OCH3 is 1. The van der Waals surface area contributed by atoms with Crippen molar-refractivity contribution in [3.05, 3.63) is 71.8 Å². The number of ether oxygens (including phenoxy) is 1. The van der Waals surface area contributed by atoms with Crippen molar-refractivity contribution in [2.24, 2.45) is 0 Å². The molecule has 0 aliphatic heterocycles. The number of carbonyl (C=O) groups excluding carboxylic acids is 1. The van der Waals surface area contributed by atoms with Gasteiger partial charge in [-0.15, -0.1) is 0 Å². The Bertz CT molecular complexity index is 1160. The van der Waals surface area contributed by atoms with Crippen molar-refractivity contribution in [3.8, 4) is 11.4 Å². The predicted octanol–water partition coefficient (Wildman–Crippen LogP) is 2.42. The maximum absolute atomic E-state index is 12.9. The van der Waals surface area contributed by atoms with Gasteiger partial charge in [0.15, 0.2) is 0 Å². The lowest BCUT2D eigenvalue weighted by Crippen LogP contribution is -2.26. The van der Waals surface area contributed by atoms with Crippen LogP contribution in [0.2, 0.25) is 0 Å². The van der Waals surface area contributed by atoms with Crippen molar-refractivity contribution < 1.29 is 17.9 Å². The highest BCUT2D eigenvalue weighted by molar-refractivity contribution is 7.89. The van der Waals surface area contributed by atoms with E-state index in [2.05, 4.69) is 15.0 Å². The summed E-state index contributed by atoms with van der Waals surface area (Å²) in [5, 5.41) is 2.66. The number of hydrogen-bond acceptors (Lipinski definition) is 5. The molecule has 0 saturated heterocycles. The Morgan fingerprint density at radius 3 is 2.63 bits per heavy atom. The Kier molecular flexibility index (Phi) is 6.53. The van der Waals surface area contributed by atoms with E-state index in [0.29, 0.717) is 12.3 Å². The molecule has 0 saturated carbocycles. The molecule has 0 spiro atoms. The highest BCUT2D eigenvalue weighted by Gasteiger charge is 2.20. The number of imidazole rings is 1. The van der Waals surface area contributed by atoms with E-state index < -0.39 is 15.9 Å². The van der Waals surface area contributed by atoms with E-state index in [-0.39, 0.29) is 17.0 Å². The van der Waals surface area contributed by atoms with Gasteiger partial charge in [0.05, 0.1) is 23.3 Å². The number of rotatable bonds is 8. The Morgan fingerprint density at radius 2 is 1.97 bits per heavy atom.